The van der Waals surface area contributed by atoms with Gasteiger partial charge in [0, 0.05) is 12.6 Å². The van der Waals surface area contributed by atoms with Crippen molar-refractivity contribution in [1.29, 1.82) is 0 Å². The lowest BCUT2D eigenvalue weighted by molar-refractivity contribution is -0.115. The molecule has 3 amide bonds. The zero-order valence-electron chi connectivity index (χ0n) is 15.7. The van der Waals surface area contributed by atoms with Crippen LogP contribution in [-0.4, -0.2) is 30.2 Å². The van der Waals surface area contributed by atoms with Gasteiger partial charge in [-0.05, 0) is 29.9 Å². The fourth-order valence-corrected chi connectivity index (χ4v) is 2.33. The molecular formula is C19H26N4O3. The Kier molecular flexibility index (Phi) is 6.38. The molecule has 1 heterocycles. The average molecular weight is 358 g/mol. The van der Waals surface area contributed by atoms with Crippen LogP contribution in [0.2, 0.25) is 0 Å². The van der Waals surface area contributed by atoms with Gasteiger partial charge in [0.2, 0.25) is 5.91 Å². The van der Waals surface area contributed by atoms with Crippen molar-refractivity contribution < 1.29 is 14.1 Å². The molecule has 0 fully saturated rings. The molecule has 7 heteroatoms. The number of aromatic nitrogens is 1. The normalized spacial score (nSPS) is 11.1. The molecule has 2 aromatic rings. The van der Waals surface area contributed by atoms with Crippen molar-refractivity contribution in [3.8, 4) is 0 Å². The number of carbonyl (C=O) groups excluding carboxylic acids is 2. The van der Waals surface area contributed by atoms with E-state index in [2.05, 4.69) is 66.1 Å². The smallest absolute Gasteiger partial charge is 0.315 e. The number of amides is 3. The molecule has 26 heavy (non-hydrogen) atoms. The third kappa shape index (κ3) is 6.23. The number of carbonyl (C=O) groups is 2. The molecule has 0 aliphatic carbocycles. The summed E-state index contributed by atoms with van der Waals surface area (Å²) in [6.45, 7) is 8.60. The van der Waals surface area contributed by atoms with Crippen molar-refractivity contribution in [1.82, 2.24) is 15.8 Å². The van der Waals surface area contributed by atoms with Crippen LogP contribution < -0.4 is 16.0 Å². The first-order valence-electron chi connectivity index (χ1n) is 8.58. The highest BCUT2D eigenvalue weighted by Gasteiger charge is 2.13. The number of benzene rings is 1. The molecule has 0 aliphatic rings. The molecule has 0 saturated heterocycles. The predicted molar refractivity (Wildman–Crippen MR) is 100 cm³/mol. The lowest BCUT2D eigenvalue weighted by Crippen LogP contribution is -2.40. The number of urea groups is 1. The van der Waals surface area contributed by atoms with Gasteiger partial charge in [0.1, 0.15) is 5.76 Å². The van der Waals surface area contributed by atoms with Crippen molar-refractivity contribution in [2.45, 2.75) is 39.5 Å². The van der Waals surface area contributed by atoms with E-state index in [-0.39, 0.29) is 23.9 Å². The number of hydrogen-bond donors (Lipinski definition) is 3. The average Bonchev–Trinajstić information content (AvgIpc) is 2.97. The number of anilines is 1. The minimum absolute atomic E-state index is 0.127. The van der Waals surface area contributed by atoms with Gasteiger partial charge in [-0.25, -0.2) is 4.79 Å². The third-order valence-electron chi connectivity index (χ3n) is 3.82. The summed E-state index contributed by atoms with van der Waals surface area (Å²) in [5.74, 6) is 0.557. The van der Waals surface area contributed by atoms with Crippen LogP contribution in [0.25, 0.3) is 0 Å². The van der Waals surface area contributed by atoms with E-state index in [4.69, 9.17) is 4.52 Å². The molecule has 0 radical (unpaired) electrons. The van der Waals surface area contributed by atoms with E-state index in [0.29, 0.717) is 18.1 Å². The van der Waals surface area contributed by atoms with Crippen LogP contribution in [0.4, 0.5) is 10.6 Å². The molecule has 0 spiro atoms. The van der Waals surface area contributed by atoms with Crippen molar-refractivity contribution >= 4 is 17.8 Å². The van der Waals surface area contributed by atoms with E-state index < -0.39 is 0 Å². The van der Waals surface area contributed by atoms with Crippen LogP contribution >= 0.6 is 0 Å². The van der Waals surface area contributed by atoms with Crippen molar-refractivity contribution in [3.63, 3.8) is 0 Å². The lowest BCUT2D eigenvalue weighted by Gasteiger charge is -2.19. The molecule has 3 N–H and O–H groups in total. The first-order valence-corrected chi connectivity index (χ1v) is 8.58. The van der Waals surface area contributed by atoms with Crippen LogP contribution in [0.15, 0.2) is 34.9 Å². The number of nitrogens with zero attached hydrogens (tertiary/aromatic N) is 1. The van der Waals surface area contributed by atoms with Gasteiger partial charge in [0.25, 0.3) is 0 Å². The lowest BCUT2D eigenvalue weighted by atomic mass is 9.86. The molecule has 7 nitrogen and oxygen atoms in total. The molecule has 0 saturated carbocycles. The van der Waals surface area contributed by atoms with E-state index in [1.54, 1.807) is 13.0 Å². The van der Waals surface area contributed by atoms with E-state index in [0.717, 1.165) is 12.0 Å². The molecule has 0 bridgehead atoms. The Labute approximate surface area is 153 Å². The molecular weight excluding hydrogens is 332 g/mol. The molecule has 0 atom stereocenters. The van der Waals surface area contributed by atoms with Gasteiger partial charge in [-0.2, -0.15) is 0 Å². The number of rotatable bonds is 6. The van der Waals surface area contributed by atoms with E-state index in [1.165, 1.54) is 5.56 Å². The molecule has 1 aromatic heterocycles. The Bertz CT molecular complexity index is 745. The molecule has 1 aromatic carbocycles. The number of nitrogens with one attached hydrogen (secondary N) is 3. The fourth-order valence-electron chi connectivity index (χ4n) is 2.33. The Morgan fingerprint density at radius 3 is 2.38 bits per heavy atom. The fraction of sp³-hybridized carbons (Fsp3) is 0.421. The Morgan fingerprint density at radius 2 is 1.81 bits per heavy atom. The minimum atomic E-state index is -0.386. The summed E-state index contributed by atoms with van der Waals surface area (Å²) in [5, 5.41) is 11.4. The van der Waals surface area contributed by atoms with Gasteiger partial charge in [-0.3, -0.25) is 4.79 Å². The van der Waals surface area contributed by atoms with Crippen LogP contribution in [0.1, 0.15) is 37.7 Å². The quantitative estimate of drug-likeness (QED) is 0.740. The largest absolute Gasteiger partial charge is 0.360 e. The maximum Gasteiger partial charge on any atom is 0.315 e. The monoisotopic (exact) mass is 358 g/mol. The second-order valence-electron chi connectivity index (χ2n) is 7.18. The SMILES string of the molecule is Cc1cc(NC(=O)CNC(=O)NCCc2ccc(C(C)(C)C)cc2)no1. The number of hydrogen-bond acceptors (Lipinski definition) is 4. The van der Waals surface area contributed by atoms with Crippen LogP contribution in [0.5, 0.6) is 0 Å². The van der Waals surface area contributed by atoms with Crippen molar-refractivity contribution in [2.24, 2.45) is 0 Å². The highest BCUT2D eigenvalue weighted by Crippen LogP contribution is 2.22. The first kappa shape index (κ1) is 19.5. The Hall–Kier alpha value is -2.83. The summed E-state index contributed by atoms with van der Waals surface area (Å²) in [5.41, 5.74) is 2.56. The second-order valence-corrected chi connectivity index (χ2v) is 7.18. The maximum absolute atomic E-state index is 11.7. The van der Waals surface area contributed by atoms with Crippen LogP contribution in [-0.2, 0) is 16.6 Å². The van der Waals surface area contributed by atoms with Gasteiger partial charge in [-0.15, -0.1) is 0 Å². The summed E-state index contributed by atoms with van der Waals surface area (Å²) in [4.78, 5) is 23.4. The van der Waals surface area contributed by atoms with Gasteiger partial charge in [-0.1, -0.05) is 50.2 Å². The van der Waals surface area contributed by atoms with E-state index in [9.17, 15) is 9.59 Å². The van der Waals surface area contributed by atoms with Crippen LogP contribution in [0, 0.1) is 6.92 Å². The highest BCUT2D eigenvalue weighted by atomic mass is 16.5. The highest BCUT2D eigenvalue weighted by molar-refractivity contribution is 5.93. The van der Waals surface area contributed by atoms with Crippen molar-refractivity contribution in [2.75, 3.05) is 18.4 Å². The second kappa shape index (κ2) is 8.51. The molecule has 0 unspecified atom stereocenters. The van der Waals surface area contributed by atoms with Gasteiger partial charge < -0.3 is 20.5 Å². The Morgan fingerprint density at radius 1 is 1.12 bits per heavy atom. The van der Waals surface area contributed by atoms with Crippen molar-refractivity contribution in [3.05, 3.63) is 47.2 Å². The molecule has 2 rings (SSSR count). The summed E-state index contributed by atoms with van der Waals surface area (Å²) >= 11 is 0. The van der Waals surface area contributed by atoms with E-state index in [1.807, 2.05) is 0 Å². The third-order valence-corrected chi connectivity index (χ3v) is 3.82. The zero-order chi connectivity index (χ0) is 19.2. The summed E-state index contributed by atoms with van der Waals surface area (Å²) < 4.78 is 4.85. The summed E-state index contributed by atoms with van der Waals surface area (Å²) in [6.07, 6.45) is 0.724. The Balaban J connectivity index is 1.66. The minimum Gasteiger partial charge on any atom is -0.360 e. The molecule has 0 aliphatic heterocycles. The zero-order valence-corrected chi connectivity index (χ0v) is 15.7. The van der Waals surface area contributed by atoms with E-state index >= 15 is 0 Å². The first-order chi connectivity index (χ1) is 12.2. The van der Waals surface area contributed by atoms with Gasteiger partial charge >= 0.3 is 6.03 Å². The number of aryl methyl sites for hydroxylation is 1. The maximum atomic E-state index is 11.7. The standard InChI is InChI=1S/C19H26N4O3/c1-13-11-16(23-26-13)22-17(24)12-21-18(25)20-10-9-14-5-7-15(8-6-14)19(2,3)4/h5-8,11H,9-10,12H2,1-4H3,(H2,20,21,25)(H,22,23,24). The predicted octanol–water partition coefficient (Wildman–Crippen LogP) is 2.76. The summed E-state index contributed by atoms with van der Waals surface area (Å²) in [7, 11) is 0. The topological polar surface area (TPSA) is 96.3 Å². The van der Waals surface area contributed by atoms with Crippen LogP contribution in [0.3, 0.4) is 0 Å². The van der Waals surface area contributed by atoms with Gasteiger partial charge in [0.05, 0.1) is 6.54 Å². The summed E-state index contributed by atoms with van der Waals surface area (Å²) in [6, 6.07) is 9.60. The molecule has 140 valence electrons. The van der Waals surface area contributed by atoms with Gasteiger partial charge in [0.15, 0.2) is 5.82 Å².